The van der Waals surface area contributed by atoms with E-state index in [0.29, 0.717) is 11.6 Å². The maximum Gasteiger partial charge on any atom is 0.118 e. The molecule has 0 aromatic heterocycles. The van der Waals surface area contributed by atoms with Crippen LogP contribution < -0.4 is 4.74 Å². The lowest BCUT2D eigenvalue weighted by atomic mass is 10.0. The molecule has 0 amide bonds. The van der Waals surface area contributed by atoms with E-state index in [4.69, 9.17) is 4.74 Å². The van der Waals surface area contributed by atoms with Crippen molar-refractivity contribution in [2.45, 2.75) is 55.8 Å². The van der Waals surface area contributed by atoms with Crippen LogP contribution >= 0.6 is 23.5 Å². The number of hydrogen-bond donors (Lipinski definition) is 0. The van der Waals surface area contributed by atoms with Gasteiger partial charge in [0.15, 0.2) is 0 Å². The lowest BCUT2D eigenvalue weighted by Crippen LogP contribution is -2.50. The molecule has 2 aliphatic heterocycles. The molecule has 0 unspecified atom stereocenters. The number of thioether (sulfide) groups is 2. The topological polar surface area (TPSA) is 12.5 Å². The summed E-state index contributed by atoms with van der Waals surface area (Å²) in [5.74, 6) is 3.61. The van der Waals surface area contributed by atoms with Crippen LogP contribution in [0.5, 0.6) is 5.75 Å². The van der Waals surface area contributed by atoms with E-state index in [1.54, 1.807) is 7.11 Å². The highest BCUT2D eigenvalue weighted by molar-refractivity contribution is 8.17. The largest absolute Gasteiger partial charge is 0.497 e. The first-order valence-electron chi connectivity index (χ1n) is 8.26. The molecule has 2 saturated heterocycles. The molecule has 3 rings (SSSR count). The number of benzene rings is 1. The maximum absolute atomic E-state index is 5.28. The van der Waals surface area contributed by atoms with E-state index in [1.807, 2.05) is 0 Å². The summed E-state index contributed by atoms with van der Waals surface area (Å²) in [7, 11) is 1.73. The second-order valence-electron chi connectivity index (χ2n) is 6.65. The van der Waals surface area contributed by atoms with Gasteiger partial charge in [-0.3, -0.25) is 4.90 Å². The average Bonchev–Trinajstić information content (AvgIpc) is 2.86. The van der Waals surface area contributed by atoms with Crippen LogP contribution in [0.1, 0.15) is 38.7 Å². The molecular weight excluding hydrogens is 310 g/mol. The molecule has 1 aromatic rings. The minimum Gasteiger partial charge on any atom is -0.497 e. The van der Waals surface area contributed by atoms with E-state index < -0.39 is 0 Å². The Morgan fingerprint density at radius 2 is 1.91 bits per heavy atom. The van der Waals surface area contributed by atoms with Crippen molar-refractivity contribution in [1.82, 2.24) is 4.90 Å². The van der Waals surface area contributed by atoms with Gasteiger partial charge in [0.2, 0.25) is 0 Å². The predicted octanol–water partition coefficient (Wildman–Crippen LogP) is 4.63. The van der Waals surface area contributed by atoms with Gasteiger partial charge < -0.3 is 4.74 Å². The van der Waals surface area contributed by atoms with Gasteiger partial charge in [0.25, 0.3) is 0 Å². The van der Waals surface area contributed by atoms with Crippen molar-refractivity contribution in [2.24, 2.45) is 0 Å². The molecule has 2 atom stereocenters. The van der Waals surface area contributed by atoms with Crippen molar-refractivity contribution in [2.75, 3.05) is 18.6 Å². The molecule has 22 heavy (non-hydrogen) atoms. The Kier molecular flexibility index (Phi) is 5.31. The fourth-order valence-corrected chi connectivity index (χ4v) is 7.09. The van der Waals surface area contributed by atoms with Gasteiger partial charge in [0.1, 0.15) is 5.75 Å². The first-order chi connectivity index (χ1) is 10.6. The van der Waals surface area contributed by atoms with Crippen LogP contribution in [0.2, 0.25) is 0 Å². The Bertz CT molecular complexity index is 486. The smallest absolute Gasteiger partial charge is 0.118 e. The van der Waals surface area contributed by atoms with Crippen LogP contribution in [0.3, 0.4) is 0 Å². The standard InChI is InChI=1S/C18H27NOS2/c1-14-9-10-18(2,17-21-11-4-12-22-17)19(14)13-15-5-7-16(20-3)8-6-15/h5-8,14,17H,4,9-13H2,1-3H3/t14-,18-/m1/s1. The van der Waals surface area contributed by atoms with E-state index in [2.05, 4.69) is 66.5 Å². The van der Waals surface area contributed by atoms with Gasteiger partial charge in [0, 0.05) is 18.1 Å². The monoisotopic (exact) mass is 337 g/mol. The quantitative estimate of drug-likeness (QED) is 0.793. The summed E-state index contributed by atoms with van der Waals surface area (Å²) in [5.41, 5.74) is 1.72. The van der Waals surface area contributed by atoms with E-state index in [-0.39, 0.29) is 0 Å². The highest BCUT2D eigenvalue weighted by Gasteiger charge is 2.47. The molecule has 0 aliphatic carbocycles. The second kappa shape index (κ2) is 7.06. The van der Waals surface area contributed by atoms with E-state index in [0.717, 1.165) is 16.9 Å². The number of ether oxygens (including phenoxy) is 1. The van der Waals surface area contributed by atoms with Crippen LogP contribution in [0.15, 0.2) is 24.3 Å². The van der Waals surface area contributed by atoms with Gasteiger partial charge in [-0.25, -0.2) is 0 Å². The fourth-order valence-electron chi connectivity index (χ4n) is 3.67. The van der Waals surface area contributed by atoms with Crippen molar-refractivity contribution in [3.8, 4) is 5.75 Å². The lowest BCUT2D eigenvalue weighted by Gasteiger charge is -2.44. The van der Waals surface area contributed by atoms with Crippen LogP contribution in [0, 0.1) is 0 Å². The minimum atomic E-state index is 0.328. The Balaban J connectivity index is 1.76. The number of rotatable bonds is 4. The van der Waals surface area contributed by atoms with Crippen LogP contribution in [0.25, 0.3) is 0 Å². The van der Waals surface area contributed by atoms with Crippen LogP contribution in [-0.2, 0) is 6.54 Å². The van der Waals surface area contributed by atoms with Crippen molar-refractivity contribution < 1.29 is 4.74 Å². The molecule has 2 fully saturated rings. The highest BCUT2D eigenvalue weighted by atomic mass is 32.2. The number of methoxy groups -OCH3 is 1. The van der Waals surface area contributed by atoms with Gasteiger partial charge in [-0.15, -0.1) is 23.5 Å². The Labute approximate surface area is 143 Å². The minimum absolute atomic E-state index is 0.328. The SMILES string of the molecule is COc1ccc(CN2[C@H](C)CC[C@]2(C)C2SCCCS2)cc1. The molecule has 0 N–H and O–H groups in total. The Morgan fingerprint density at radius 3 is 2.55 bits per heavy atom. The van der Waals surface area contributed by atoms with Gasteiger partial charge >= 0.3 is 0 Å². The summed E-state index contributed by atoms with van der Waals surface area (Å²) in [6.45, 7) is 5.95. The van der Waals surface area contributed by atoms with Gasteiger partial charge in [0.05, 0.1) is 11.7 Å². The van der Waals surface area contributed by atoms with Gasteiger partial charge in [-0.05, 0) is 62.3 Å². The second-order valence-corrected chi connectivity index (χ2v) is 9.37. The molecule has 2 aliphatic rings. The summed E-state index contributed by atoms with van der Waals surface area (Å²) >= 11 is 4.37. The zero-order valence-corrected chi connectivity index (χ0v) is 15.5. The molecule has 0 spiro atoms. The predicted molar refractivity (Wildman–Crippen MR) is 99.0 cm³/mol. The summed E-state index contributed by atoms with van der Waals surface area (Å²) < 4.78 is 6.00. The van der Waals surface area contributed by atoms with Crippen molar-refractivity contribution in [1.29, 1.82) is 0 Å². The molecule has 4 heteroatoms. The van der Waals surface area contributed by atoms with Gasteiger partial charge in [-0.2, -0.15) is 0 Å². The Morgan fingerprint density at radius 1 is 1.23 bits per heavy atom. The number of hydrogen-bond acceptors (Lipinski definition) is 4. The summed E-state index contributed by atoms with van der Waals surface area (Å²) in [4.78, 5) is 2.75. The third kappa shape index (κ3) is 3.29. The van der Waals surface area contributed by atoms with Crippen LogP contribution in [-0.4, -0.2) is 39.7 Å². The molecule has 0 saturated carbocycles. The molecular formula is C18H27NOS2. The normalized spacial score (nSPS) is 30.6. The van der Waals surface area contributed by atoms with E-state index >= 15 is 0 Å². The average molecular weight is 338 g/mol. The summed E-state index contributed by atoms with van der Waals surface area (Å²) in [6, 6.07) is 9.27. The van der Waals surface area contributed by atoms with Crippen molar-refractivity contribution in [3.63, 3.8) is 0 Å². The number of nitrogens with zero attached hydrogens (tertiary/aromatic N) is 1. The van der Waals surface area contributed by atoms with Crippen molar-refractivity contribution >= 4 is 23.5 Å². The van der Waals surface area contributed by atoms with E-state index in [9.17, 15) is 0 Å². The highest BCUT2D eigenvalue weighted by Crippen LogP contribution is 2.48. The van der Waals surface area contributed by atoms with Crippen molar-refractivity contribution in [3.05, 3.63) is 29.8 Å². The van der Waals surface area contributed by atoms with E-state index in [1.165, 1.54) is 36.3 Å². The maximum atomic E-state index is 5.28. The zero-order chi connectivity index (χ0) is 15.6. The lowest BCUT2D eigenvalue weighted by molar-refractivity contribution is 0.125. The first-order valence-corrected chi connectivity index (χ1v) is 10.4. The molecule has 1 aromatic carbocycles. The third-order valence-electron chi connectivity index (χ3n) is 5.10. The first kappa shape index (κ1) is 16.5. The number of likely N-dealkylation sites (tertiary alicyclic amines) is 1. The summed E-state index contributed by atoms with van der Waals surface area (Å²) in [6.07, 6.45) is 4.02. The van der Waals surface area contributed by atoms with Crippen LogP contribution in [0.4, 0.5) is 0 Å². The molecule has 0 radical (unpaired) electrons. The molecule has 0 bridgehead atoms. The molecule has 122 valence electrons. The molecule has 2 nitrogen and oxygen atoms in total. The fraction of sp³-hybridized carbons (Fsp3) is 0.667. The Hall–Kier alpha value is -0.320. The zero-order valence-electron chi connectivity index (χ0n) is 13.9. The summed E-state index contributed by atoms with van der Waals surface area (Å²) in [5, 5.41) is 0. The molecule has 2 heterocycles. The third-order valence-corrected chi connectivity index (χ3v) is 8.59. The van der Waals surface area contributed by atoms with Gasteiger partial charge in [-0.1, -0.05) is 12.1 Å².